The number of carbonyl (C=O) groups excluding carboxylic acids is 1. The summed E-state index contributed by atoms with van der Waals surface area (Å²) < 4.78 is 0. The molecular formula is C10H16ClNO. The summed E-state index contributed by atoms with van der Waals surface area (Å²) in [6, 6.07) is 7.80. The standard InChI is InChI=1S/C7H9N.C3H6O.ClH/c1-6-4-2-3-5-7(6)8;1-3(2)4;/h2-5H,8H2,1H3;1-2H3;1H. The highest BCUT2D eigenvalue weighted by molar-refractivity contribution is 5.85. The Labute approximate surface area is 85.6 Å². The first-order chi connectivity index (χ1) is 5.54. The number of hydrogen-bond acceptors (Lipinski definition) is 2. The van der Waals surface area contributed by atoms with E-state index in [-0.39, 0.29) is 18.2 Å². The molecule has 1 aromatic rings. The van der Waals surface area contributed by atoms with Crippen molar-refractivity contribution >= 4 is 23.9 Å². The van der Waals surface area contributed by atoms with Crippen LogP contribution in [0.15, 0.2) is 24.3 Å². The van der Waals surface area contributed by atoms with Gasteiger partial charge in [0.05, 0.1) is 0 Å². The third kappa shape index (κ3) is 8.89. The van der Waals surface area contributed by atoms with Crippen molar-refractivity contribution in [2.45, 2.75) is 20.8 Å². The van der Waals surface area contributed by atoms with Crippen molar-refractivity contribution in [2.24, 2.45) is 0 Å². The molecule has 13 heavy (non-hydrogen) atoms. The summed E-state index contributed by atoms with van der Waals surface area (Å²) >= 11 is 0. The molecule has 1 aromatic carbocycles. The van der Waals surface area contributed by atoms with Crippen molar-refractivity contribution in [3.05, 3.63) is 29.8 Å². The van der Waals surface area contributed by atoms with Crippen LogP contribution < -0.4 is 5.73 Å². The Morgan fingerprint density at radius 3 is 1.85 bits per heavy atom. The largest absolute Gasteiger partial charge is 0.399 e. The van der Waals surface area contributed by atoms with Crippen LogP contribution in [0.4, 0.5) is 5.69 Å². The quantitative estimate of drug-likeness (QED) is 0.656. The summed E-state index contributed by atoms with van der Waals surface area (Å²) in [5.74, 6) is 0.167. The molecule has 1 rings (SSSR count). The van der Waals surface area contributed by atoms with E-state index in [0.29, 0.717) is 0 Å². The Balaban J connectivity index is 0. The van der Waals surface area contributed by atoms with Gasteiger partial charge in [-0.15, -0.1) is 12.4 Å². The lowest BCUT2D eigenvalue weighted by Crippen LogP contribution is -1.85. The number of nitrogen functional groups attached to an aromatic ring is 1. The highest BCUT2D eigenvalue weighted by Gasteiger charge is 1.84. The molecular weight excluding hydrogens is 186 g/mol. The van der Waals surface area contributed by atoms with Crippen molar-refractivity contribution in [2.75, 3.05) is 5.73 Å². The van der Waals surface area contributed by atoms with E-state index in [1.165, 1.54) is 13.8 Å². The van der Waals surface area contributed by atoms with Crippen LogP contribution in [-0.4, -0.2) is 5.78 Å². The number of nitrogens with two attached hydrogens (primary N) is 1. The Kier molecular flexibility index (Phi) is 8.50. The Hall–Kier alpha value is -1.02. The lowest BCUT2D eigenvalue weighted by molar-refractivity contribution is -0.114. The normalized spacial score (nSPS) is 7.62. The second kappa shape index (κ2) is 7.62. The maximum Gasteiger partial charge on any atom is 0.126 e. The van der Waals surface area contributed by atoms with Crippen LogP contribution in [0.3, 0.4) is 0 Å². The summed E-state index contributed by atoms with van der Waals surface area (Å²) in [7, 11) is 0. The van der Waals surface area contributed by atoms with Gasteiger partial charge in [0, 0.05) is 5.69 Å². The topological polar surface area (TPSA) is 43.1 Å². The van der Waals surface area contributed by atoms with Crippen LogP contribution in [0.5, 0.6) is 0 Å². The molecule has 0 aliphatic rings. The molecule has 2 nitrogen and oxygen atoms in total. The van der Waals surface area contributed by atoms with Gasteiger partial charge in [-0.25, -0.2) is 0 Å². The summed E-state index contributed by atoms with van der Waals surface area (Å²) in [5.41, 5.74) is 7.53. The van der Waals surface area contributed by atoms with Gasteiger partial charge >= 0.3 is 0 Å². The maximum absolute atomic E-state index is 9.44. The fourth-order valence-corrected chi connectivity index (χ4v) is 0.587. The molecule has 0 radical (unpaired) electrons. The molecule has 0 amide bonds. The van der Waals surface area contributed by atoms with Gasteiger partial charge in [-0.3, -0.25) is 0 Å². The maximum atomic E-state index is 9.44. The van der Waals surface area contributed by atoms with Crippen LogP contribution in [0.25, 0.3) is 0 Å². The van der Waals surface area contributed by atoms with Crippen LogP contribution in [0, 0.1) is 6.92 Å². The van der Waals surface area contributed by atoms with Crippen molar-refractivity contribution in [3.63, 3.8) is 0 Å². The molecule has 74 valence electrons. The summed E-state index contributed by atoms with van der Waals surface area (Å²) in [4.78, 5) is 9.44. The summed E-state index contributed by atoms with van der Waals surface area (Å²) in [6.45, 7) is 5.05. The van der Waals surface area contributed by atoms with Crippen LogP contribution >= 0.6 is 12.4 Å². The number of rotatable bonds is 0. The third-order valence-corrected chi connectivity index (χ3v) is 1.19. The first kappa shape index (κ1) is 14.5. The second-order valence-electron chi connectivity index (χ2n) is 2.76. The van der Waals surface area contributed by atoms with Crippen LogP contribution in [0.1, 0.15) is 19.4 Å². The first-order valence-corrected chi connectivity index (χ1v) is 3.82. The van der Waals surface area contributed by atoms with E-state index in [0.717, 1.165) is 11.3 Å². The molecule has 0 unspecified atom stereocenters. The molecule has 0 spiro atoms. The smallest absolute Gasteiger partial charge is 0.126 e. The predicted molar refractivity (Wildman–Crippen MR) is 59.2 cm³/mol. The van der Waals surface area contributed by atoms with E-state index in [1.807, 2.05) is 31.2 Å². The first-order valence-electron chi connectivity index (χ1n) is 3.82. The molecule has 3 heteroatoms. The lowest BCUT2D eigenvalue weighted by Gasteiger charge is -1.93. The van der Waals surface area contributed by atoms with Crippen molar-refractivity contribution in [1.29, 1.82) is 0 Å². The van der Waals surface area contributed by atoms with Gasteiger partial charge < -0.3 is 10.5 Å². The van der Waals surface area contributed by atoms with Gasteiger partial charge in [-0.05, 0) is 32.4 Å². The number of aryl methyl sites for hydroxylation is 1. The van der Waals surface area contributed by atoms with Gasteiger partial charge in [0.2, 0.25) is 0 Å². The van der Waals surface area contributed by atoms with Crippen LogP contribution in [0.2, 0.25) is 0 Å². The fourth-order valence-electron chi connectivity index (χ4n) is 0.587. The van der Waals surface area contributed by atoms with Crippen molar-refractivity contribution in [3.8, 4) is 0 Å². The zero-order chi connectivity index (χ0) is 9.56. The van der Waals surface area contributed by atoms with Gasteiger partial charge in [0.1, 0.15) is 5.78 Å². The summed E-state index contributed by atoms with van der Waals surface area (Å²) in [5, 5.41) is 0. The van der Waals surface area contributed by atoms with Gasteiger partial charge in [-0.2, -0.15) is 0 Å². The minimum Gasteiger partial charge on any atom is -0.399 e. The van der Waals surface area contributed by atoms with Gasteiger partial charge in [-0.1, -0.05) is 18.2 Å². The zero-order valence-electron chi connectivity index (χ0n) is 8.20. The van der Waals surface area contributed by atoms with E-state index < -0.39 is 0 Å². The average molecular weight is 202 g/mol. The fraction of sp³-hybridized carbons (Fsp3) is 0.300. The molecule has 0 saturated carbocycles. The predicted octanol–water partition coefficient (Wildman–Crippen LogP) is 2.59. The number of carbonyl (C=O) groups is 1. The number of para-hydroxylation sites is 1. The molecule has 2 N–H and O–H groups in total. The number of Topliss-reactive ketones (excluding diaryl/α,β-unsaturated/α-hetero) is 1. The lowest BCUT2D eigenvalue weighted by atomic mass is 10.2. The van der Waals surface area contributed by atoms with E-state index in [9.17, 15) is 4.79 Å². The number of benzene rings is 1. The SMILES string of the molecule is CC(C)=O.Cc1ccccc1N.Cl. The van der Waals surface area contributed by atoms with Crippen molar-refractivity contribution in [1.82, 2.24) is 0 Å². The number of anilines is 1. The van der Waals surface area contributed by atoms with Gasteiger partial charge in [0.25, 0.3) is 0 Å². The molecule has 0 aliphatic carbocycles. The number of ketones is 1. The molecule has 0 aliphatic heterocycles. The van der Waals surface area contributed by atoms with Crippen LogP contribution in [-0.2, 0) is 4.79 Å². The molecule has 0 saturated heterocycles. The Morgan fingerprint density at radius 1 is 1.23 bits per heavy atom. The molecule has 0 atom stereocenters. The summed E-state index contributed by atoms with van der Waals surface area (Å²) in [6.07, 6.45) is 0. The average Bonchev–Trinajstić information content (AvgIpc) is 1.94. The minimum absolute atomic E-state index is 0. The monoisotopic (exact) mass is 201 g/mol. The Morgan fingerprint density at radius 2 is 1.62 bits per heavy atom. The number of halogens is 1. The zero-order valence-corrected chi connectivity index (χ0v) is 9.02. The highest BCUT2D eigenvalue weighted by Crippen LogP contribution is 2.06. The van der Waals surface area contributed by atoms with E-state index >= 15 is 0 Å². The highest BCUT2D eigenvalue weighted by atomic mass is 35.5. The molecule has 0 bridgehead atoms. The third-order valence-electron chi connectivity index (χ3n) is 1.19. The van der Waals surface area contributed by atoms with E-state index in [4.69, 9.17) is 5.73 Å². The van der Waals surface area contributed by atoms with E-state index in [2.05, 4.69) is 0 Å². The van der Waals surface area contributed by atoms with Gasteiger partial charge in [0.15, 0.2) is 0 Å². The Bertz CT molecular complexity index is 236. The van der Waals surface area contributed by atoms with Crippen molar-refractivity contribution < 1.29 is 4.79 Å². The second-order valence-corrected chi connectivity index (χ2v) is 2.76. The molecule has 0 aromatic heterocycles. The molecule has 0 fully saturated rings. The number of hydrogen-bond donors (Lipinski definition) is 1. The molecule has 0 heterocycles. The minimum atomic E-state index is 0. The van der Waals surface area contributed by atoms with E-state index in [1.54, 1.807) is 0 Å².